The van der Waals surface area contributed by atoms with Gasteiger partial charge < -0.3 is 15.0 Å². The summed E-state index contributed by atoms with van der Waals surface area (Å²) in [6.07, 6.45) is 0.795. The Kier molecular flexibility index (Phi) is 1.94. The zero-order valence-electron chi connectivity index (χ0n) is 9.27. The number of hydrogen-bond acceptors (Lipinski definition) is 3. The van der Waals surface area contributed by atoms with Crippen molar-refractivity contribution in [2.75, 3.05) is 18.0 Å². The van der Waals surface area contributed by atoms with Gasteiger partial charge in [-0.15, -0.1) is 0 Å². The largest absolute Gasteiger partial charge is 0.386 e. The third kappa shape index (κ3) is 1.38. The summed E-state index contributed by atoms with van der Waals surface area (Å²) >= 11 is 0. The van der Waals surface area contributed by atoms with E-state index in [-0.39, 0.29) is 0 Å². The first-order valence-electron chi connectivity index (χ1n) is 5.62. The quantitative estimate of drug-likeness (QED) is 0.802. The lowest BCUT2D eigenvalue weighted by atomic mass is 9.92. The predicted molar refractivity (Wildman–Crippen MR) is 63.5 cm³/mol. The highest BCUT2D eigenvalue weighted by molar-refractivity contribution is 5.77. The van der Waals surface area contributed by atoms with E-state index >= 15 is 0 Å². The van der Waals surface area contributed by atoms with E-state index in [9.17, 15) is 5.11 Å². The summed E-state index contributed by atoms with van der Waals surface area (Å²) < 4.78 is 0. The Balaban J connectivity index is 1.86. The zero-order valence-corrected chi connectivity index (χ0v) is 9.27. The van der Waals surface area contributed by atoms with Crippen molar-refractivity contribution in [1.29, 1.82) is 0 Å². The number of H-pyrrole nitrogens is 1. The molecule has 2 N–H and O–H groups in total. The first-order chi connectivity index (χ1) is 7.70. The number of aromatic amines is 1. The summed E-state index contributed by atoms with van der Waals surface area (Å²) in [6, 6.07) is 7.97. The molecule has 1 aromatic heterocycles. The van der Waals surface area contributed by atoms with Crippen LogP contribution < -0.4 is 4.90 Å². The lowest BCUT2D eigenvalue weighted by Gasteiger charge is -2.45. The van der Waals surface area contributed by atoms with Crippen LogP contribution in [0.3, 0.4) is 0 Å². The van der Waals surface area contributed by atoms with Gasteiger partial charge in [0, 0.05) is 0 Å². The topological polar surface area (TPSA) is 52.1 Å². The fourth-order valence-corrected chi connectivity index (χ4v) is 2.13. The molecule has 84 valence electrons. The van der Waals surface area contributed by atoms with Gasteiger partial charge in [-0.1, -0.05) is 19.1 Å². The van der Waals surface area contributed by atoms with Crippen molar-refractivity contribution in [3.05, 3.63) is 24.3 Å². The van der Waals surface area contributed by atoms with Gasteiger partial charge in [0.15, 0.2) is 0 Å². The molecular weight excluding hydrogens is 202 g/mol. The predicted octanol–water partition coefficient (Wildman–Crippen LogP) is 1.52. The number of nitrogens with zero attached hydrogens (tertiary/aromatic N) is 2. The average molecular weight is 217 g/mol. The van der Waals surface area contributed by atoms with Gasteiger partial charge in [-0.25, -0.2) is 4.98 Å². The average Bonchev–Trinajstić information content (AvgIpc) is 2.67. The van der Waals surface area contributed by atoms with Gasteiger partial charge in [-0.3, -0.25) is 0 Å². The summed E-state index contributed by atoms with van der Waals surface area (Å²) in [7, 11) is 0. The lowest BCUT2D eigenvalue weighted by Crippen LogP contribution is -2.62. The van der Waals surface area contributed by atoms with Gasteiger partial charge in [0.2, 0.25) is 5.95 Å². The van der Waals surface area contributed by atoms with Crippen molar-refractivity contribution in [3.63, 3.8) is 0 Å². The molecule has 1 aliphatic heterocycles. The molecule has 0 bridgehead atoms. The Morgan fingerprint density at radius 1 is 1.44 bits per heavy atom. The lowest BCUT2D eigenvalue weighted by molar-refractivity contribution is 0.00768. The Morgan fingerprint density at radius 2 is 2.19 bits per heavy atom. The molecule has 1 aromatic carbocycles. The Bertz CT molecular complexity index is 481. The van der Waals surface area contributed by atoms with E-state index in [0.717, 1.165) is 23.4 Å². The number of hydrogen-bond donors (Lipinski definition) is 2. The number of aromatic nitrogens is 2. The van der Waals surface area contributed by atoms with Crippen LogP contribution in [0.4, 0.5) is 5.95 Å². The number of nitrogens with one attached hydrogen (secondary N) is 1. The summed E-state index contributed by atoms with van der Waals surface area (Å²) in [5, 5.41) is 9.94. The number of benzene rings is 1. The van der Waals surface area contributed by atoms with Crippen LogP contribution in [0.1, 0.15) is 13.3 Å². The van der Waals surface area contributed by atoms with Gasteiger partial charge in [-0.2, -0.15) is 0 Å². The molecule has 0 unspecified atom stereocenters. The maximum Gasteiger partial charge on any atom is 0.204 e. The van der Waals surface area contributed by atoms with Gasteiger partial charge >= 0.3 is 0 Å². The summed E-state index contributed by atoms with van der Waals surface area (Å²) in [5.41, 5.74) is 1.51. The Morgan fingerprint density at radius 3 is 2.88 bits per heavy atom. The van der Waals surface area contributed by atoms with Gasteiger partial charge in [0.1, 0.15) is 0 Å². The number of imidazole rings is 1. The minimum absolute atomic E-state index is 0.515. The molecule has 4 heteroatoms. The highest BCUT2D eigenvalue weighted by atomic mass is 16.3. The number of fused-ring (bicyclic) bond motifs is 1. The number of β-amino-alcohol motifs (C(OH)–C–C–N with tert-alkyl or cyclic N) is 1. The normalized spacial score (nSPS) is 18.8. The molecule has 1 saturated heterocycles. The monoisotopic (exact) mass is 217 g/mol. The number of para-hydroxylation sites is 2. The molecule has 4 nitrogen and oxygen atoms in total. The highest BCUT2D eigenvalue weighted by Gasteiger charge is 2.40. The Hall–Kier alpha value is -1.55. The maximum absolute atomic E-state index is 9.94. The van der Waals surface area contributed by atoms with E-state index < -0.39 is 5.60 Å². The van der Waals surface area contributed by atoms with Crippen LogP contribution in [0.15, 0.2) is 24.3 Å². The second kappa shape index (κ2) is 3.22. The van der Waals surface area contributed by atoms with E-state index in [1.54, 1.807) is 0 Å². The minimum atomic E-state index is -0.515. The fraction of sp³-hybridized carbons (Fsp3) is 0.417. The molecule has 2 aromatic rings. The molecule has 0 radical (unpaired) electrons. The van der Waals surface area contributed by atoms with Crippen molar-refractivity contribution in [3.8, 4) is 0 Å². The SMILES string of the molecule is CCC1(O)CN(c2nc3ccccc3[nH]2)C1. The molecule has 0 aliphatic carbocycles. The van der Waals surface area contributed by atoms with Crippen molar-refractivity contribution >= 4 is 17.0 Å². The molecular formula is C12H15N3O. The molecule has 0 amide bonds. The molecule has 1 aliphatic rings. The third-order valence-corrected chi connectivity index (χ3v) is 3.30. The van der Waals surface area contributed by atoms with Crippen LogP contribution >= 0.6 is 0 Å². The number of anilines is 1. The van der Waals surface area contributed by atoms with Gasteiger partial charge in [0.25, 0.3) is 0 Å². The van der Waals surface area contributed by atoms with Crippen LogP contribution in [0, 0.1) is 0 Å². The summed E-state index contributed by atoms with van der Waals surface area (Å²) in [4.78, 5) is 9.83. The van der Waals surface area contributed by atoms with Crippen LogP contribution in [-0.2, 0) is 0 Å². The van der Waals surface area contributed by atoms with Crippen molar-refractivity contribution < 1.29 is 5.11 Å². The molecule has 0 saturated carbocycles. The molecule has 0 atom stereocenters. The molecule has 16 heavy (non-hydrogen) atoms. The maximum atomic E-state index is 9.94. The first-order valence-corrected chi connectivity index (χ1v) is 5.62. The third-order valence-electron chi connectivity index (χ3n) is 3.30. The Labute approximate surface area is 93.9 Å². The van der Waals surface area contributed by atoms with E-state index in [2.05, 4.69) is 14.9 Å². The minimum Gasteiger partial charge on any atom is -0.386 e. The van der Waals surface area contributed by atoms with Crippen molar-refractivity contribution in [2.45, 2.75) is 18.9 Å². The number of aliphatic hydroxyl groups is 1. The van der Waals surface area contributed by atoms with E-state index in [1.807, 2.05) is 31.2 Å². The number of rotatable bonds is 2. The van der Waals surface area contributed by atoms with E-state index in [1.165, 1.54) is 0 Å². The standard InChI is InChI=1S/C12H15N3O/c1-2-12(16)7-15(8-12)11-13-9-5-3-4-6-10(9)14-11/h3-6,16H,2,7-8H2,1H3,(H,13,14). The van der Waals surface area contributed by atoms with Crippen LogP contribution in [0.25, 0.3) is 11.0 Å². The summed E-state index contributed by atoms with van der Waals surface area (Å²) in [5.74, 6) is 0.860. The van der Waals surface area contributed by atoms with E-state index in [4.69, 9.17) is 0 Å². The van der Waals surface area contributed by atoms with E-state index in [0.29, 0.717) is 13.1 Å². The smallest absolute Gasteiger partial charge is 0.204 e. The van der Waals surface area contributed by atoms with Crippen molar-refractivity contribution in [2.24, 2.45) is 0 Å². The molecule has 1 fully saturated rings. The second-order valence-electron chi connectivity index (χ2n) is 4.51. The van der Waals surface area contributed by atoms with Gasteiger partial charge in [-0.05, 0) is 18.6 Å². The van der Waals surface area contributed by atoms with Crippen molar-refractivity contribution in [1.82, 2.24) is 9.97 Å². The molecule has 0 spiro atoms. The van der Waals surface area contributed by atoms with Gasteiger partial charge in [0.05, 0.1) is 29.7 Å². The molecule has 2 heterocycles. The fourth-order valence-electron chi connectivity index (χ4n) is 2.13. The van der Waals surface area contributed by atoms with Crippen LogP contribution in [-0.4, -0.2) is 33.8 Å². The van der Waals surface area contributed by atoms with Crippen LogP contribution in [0.2, 0.25) is 0 Å². The highest BCUT2D eigenvalue weighted by Crippen LogP contribution is 2.29. The first kappa shape index (κ1) is 9.66. The molecule has 3 rings (SSSR count). The van der Waals surface area contributed by atoms with Crippen LogP contribution in [0.5, 0.6) is 0 Å². The second-order valence-corrected chi connectivity index (χ2v) is 4.51. The summed E-state index contributed by atoms with van der Waals surface area (Å²) in [6.45, 7) is 3.35. The zero-order chi connectivity index (χ0) is 11.2.